The van der Waals surface area contributed by atoms with Gasteiger partial charge in [-0.1, -0.05) is 70.1 Å². The number of nitrogens with one attached hydrogen (secondary N) is 1. The smallest absolute Gasteiger partial charge is 0.0938 e. The topological polar surface area (TPSA) is 36.0 Å². The van der Waals surface area contributed by atoms with Crippen molar-refractivity contribution in [2.75, 3.05) is 0 Å². The van der Waals surface area contributed by atoms with Crippen molar-refractivity contribution < 1.29 is 5.11 Å². The van der Waals surface area contributed by atoms with Gasteiger partial charge < -0.3 is 10.1 Å². The van der Waals surface area contributed by atoms with Gasteiger partial charge in [0.1, 0.15) is 0 Å². The Hall–Kier alpha value is -1.28. The molecule has 0 saturated heterocycles. The molecular formula is C18H27NO. The van der Waals surface area contributed by atoms with Crippen LogP contribution < -0.4 is 0 Å². The van der Waals surface area contributed by atoms with Crippen molar-refractivity contribution in [3.8, 4) is 0 Å². The van der Waals surface area contributed by atoms with E-state index >= 15 is 0 Å². The highest BCUT2D eigenvalue weighted by atomic mass is 16.3. The second kappa shape index (κ2) is 8.11. The molecule has 0 bridgehead atoms. The molecule has 2 heteroatoms. The summed E-state index contributed by atoms with van der Waals surface area (Å²) in [5.74, 6) is 0. The Morgan fingerprint density at radius 3 is 2.45 bits per heavy atom. The lowest BCUT2D eigenvalue weighted by atomic mass is 10.0. The van der Waals surface area contributed by atoms with Crippen LogP contribution in [0.25, 0.3) is 10.9 Å². The first-order valence-electron chi connectivity index (χ1n) is 8.07. The summed E-state index contributed by atoms with van der Waals surface area (Å²) < 4.78 is 0. The predicted molar refractivity (Wildman–Crippen MR) is 85.9 cm³/mol. The first-order valence-corrected chi connectivity index (χ1v) is 8.07. The lowest BCUT2D eigenvalue weighted by molar-refractivity contribution is 0.159. The zero-order valence-electron chi connectivity index (χ0n) is 12.6. The lowest BCUT2D eigenvalue weighted by Gasteiger charge is -2.08. The Kier molecular flexibility index (Phi) is 6.13. The molecule has 0 fully saturated rings. The number of benzene rings is 1. The van der Waals surface area contributed by atoms with Gasteiger partial charge in [-0.3, -0.25) is 0 Å². The number of fused-ring (bicyclic) bond motifs is 1. The zero-order valence-corrected chi connectivity index (χ0v) is 12.6. The molecule has 0 aliphatic heterocycles. The van der Waals surface area contributed by atoms with Crippen LogP contribution in [0.3, 0.4) is 0 Å². The van der Waals surface area contributed by atoms with Crippen molar-refractivity contribution in [2.45, 2.75) is 64.4 Å². The summed E-state index contributed by atoms with van der Waals surface area (Å²) in [6, 6.07) is 10.3. The van der Waals surface area contributed by atoms with Crippen LogP contribution in [0, 0.1) is 0 Å². The number of rotatable bonds is 9. The van der Waals surface area contributed by atoms with Gasteiger partial charge in [0.25, 0.3) is 0 Å². The highest BCUT2D eigenvalue weighted by Gasteiger charge is 2.10. The van der Waals surface area contributed by atoms with Crippen molar-refractivity contribution >= 4 is 10.9 Å². The fraction of sp³-hybridized carbons (Fsp3) is 0.556. The van der Waals surface area contributed by atoms with Crippen LogP contribution in [0.15, 0.2) is 30.3 Å². The Morgan fingerprint density at radius 2 is 1.70 bits per heavy atom. The van der Waals surface area contributed by atoms with E-state index in [9.17, 15) is 5.11 Å². The first kappa shape index (κ1) is 15.1. The van der Waals surface area contributed by atoms with E-state index in [4.69, 9.17) is 0 Å². The zero-order chi connectivity index (χ0) is 14.2. The second-order valence-corrected chi connectivity index (χ2v) is 5.74. The van der Waals surface area contributed by atoms with E-state index in [0.717, 1.165) is 24.1 Å². The van der Waals surface area contributed by atoms with Gasteiger partial charge in [0, 0.05) is 11.2 Å². The summed E-state index contributed by atoms with van der Waals surface area (Å²) in [6.07, 6.45) is 9.54. The molecule has 0 spiro atoms. The molecule has 1 unspecified atom stereocenters. The fourth-order valence-corrected chi connectivity index (χ4v) is 2.73. The predicted octanol–water partition coefficient (Wildman–Crippen LogP) is 5.34. The molecule has 2 aromatic rings. The Labute approximate surface area is 122 Å². The van der Waals surface area contributed by atoms with E-state index in [2.05, 4.69) is 30.1 Å². The van der Waals surface area contributed by atoms with Crippen LogP contribution in [0.2, 0.25) is 0 Å². The van der Waals surface area contributed by atoms with E-state index < -0.39 is 0 Å². The minimum absolute atomic E-state index is 0.349. The number of hydrogen-bond donors (Lipinski definition) is 2. The number of aliphatic hydroxyl groups is 1. The summed E-state index contributed by atoms with van der Waals surface area (Å²) in [7, 11) is 0. The summed E-state index contributed by atoms with van der Waals surface area (Å²) in [4.78, 5) is 3.31. The van der Waals surface area contributed by atoms with E-state index in [1.165, 1.54) is 43.9 Å². The third-order valence-corrected chi connectivity index (χ3v) is 3.99. The van der Waals surface area contributed by atoms with Crippen LogP contribution in [0.5, 0.6) is 0 Å². The molecule has 2 rings (SSSR count). The van der Waals surface area contributed by atoms with Crippen molar-refractivity contribution in [3.63, 3.8) is 0 Å². The van der Waals surface area contributed by atoms with Gasteiger partial charge in [-0.2, -0.15) is 0 Å². The van der Waals surface area contributed by atoms with Gasteiger partial charge >= 0.3 is 0 Å². The van der Waals surface area contributed by atoms with Crippen LogP contribution in [-0.2, 0) is 0 Å². The minimum atomic E-state index is -0.349. The lowest BCUT2D eigenvalue weighted by Crippen LogP contribution is -1.97. The van der Waals surface area contributed by atoms with Crippen LogP contribution in [0.1, 0.15) is 70.1 Å². The highest BCUT2D eigenvalue weighted by Crippen LogP contribution is 2.23. The van der Waals surface area contributed by atoms with Gasteiger partial charge in [-0.25, -0.2) is 0 Å². The monoisotopic (exact) mass is 273 g/mol. The highest BCUT2D eigenvalue weighted by molar-refractivity contribution is 5.80. The van der Waals surface area contributed by atoms with Crippen molar-refractivity contribution in [1.82, 2.24) is 4.98 Å². The quantitative estimate of drug-likeness (QED) is 0.594. The SMILES string of the molecule is CCCCCCCCCC(O)c1cc2ccccc2[nH]1. The van der Waals surface area contributed by atoms with Crippen molar-refractivity contribution in [3.05, 3.63) is 36.0 Å². The van der Waals surface area contributed by atoms with E-state index in [1.807, 2.05) is 12.1 Å². The molecule has 1 aromatic carbocycles. The van der Waals surface area contributed by atoms with E-state index in [1.54, 1.807) is 0 Å². The average molecular weight is 273 g/mol. The van der Waals surface area contributed by atoms with Crippen LogP contribution in [-0.4, -0.2) is 10.1 Å². The molecule has 0 aliphatic rings. The number of unbranched alkanes of at least 4 members (excludes halogenated alkanes) is 6. The Morgan fingerprint density at radius 1 is 1.00 bits per heavy atom. The fourth-order valence-electron chi connectivity index (χ4n) is 2.73. The van der Waals surface area contributed by atoms with Crippen LogP contribution >= 0.6 is 0 Å². The van der Waals surface area contributed by atoms with Crippen molar-refractivity contribution in [1.29, 1.82) is 0 Å². The molecule has 1 atom stereocenters. The summed E-state index contributed by atoms with van der Waals surface area (Å²) in [5.41, 5.74) is 2.07. The van der Waals surface area contributed by atoms with Crippen LogP contribution in [0.4, 0.5) is 0 Å². The third kappa shape index (κ3) is 4.38. The largest absolute Gasteiger partial charge is 0.387 e. The molecular weight excluding hydrogens is 246 g/mol. The van der Waals surface area contributed by atoms with E-state index in [0.29, 0.717) is 0 Å². The molecule has 0 saturated carbocycles. The molecule has 2 nitrogen and oxygen atoms in total. The van der Waals surface area contributed by atoms with E-state index in [-0.39, 0.29) is 6.10 Å². The van der Waals surface area contributed by atoms with Gasteiger partial charge in [0.2, 0.25) is 0 Å². The summed E-state index contributed by atoms with van der Waals surface area (Å²) in [6.45, 7) is 2.25. The average Bonchev–Trinajstić information content (AvgIpc) is 2.90. The first-order chi connectivity index (χ1) is 9.81. The normalized spacial score (nSPS) is 12.9. The van der Waals surface area contributed by atoms with Gasteiger partial charge in [0.15, 0.2) is 0 Å². The van der Waals surface area contributed by atoms with Gasteiger partial charge in [-0.05, 0) is 23.9 Å². The number of aromatic nitrogens is 1. The number of hydrogen-bond acceptors (Lipinski definition) is 1. The molecule has 0 amide bonds. The Bertz CT molecular complexity index is 470. The molecule has 2 N–H and O–H groups in total. The molecule has 0 aliphatic carbocycles. The summed E-state index contributed by atoms with van der Waals surface area (Å²) in [5, 5.41) is 11.4. The molecule has 110 valence electrons. The Balaban J connectivity index is 1.70. The molecule has 0 radical (unpaired) electrons. The van der Waals surface area contributed by atoms with Gasteiger partial charge in [0.05, 0.1) is 6.10 Å². The third-order valence-electron chi connectivity index (χ3n) is 3.99. The maximum atomic E-state index is 10.2. The number of aliphatic hydroxyl groups excluding tert-OH is 1. The van der Waals surface area contributed by atoms with Gasteiger partial charge in [-0.15, -0.1) is 0 Å². The molecule has 20 heavy (non-hydrogen) atoms. The summed E-state index contributed by atoms with van der Waals surface area (Å²) >= 11 is 0. The maximum absolute atomic E-state index is 10.2. The number of H-pyrrole nitrogens is 1. The van der Waals surface area contributed by atoms with Crippen molar-refractivity contribution in [2.24, 2.45) is 0 Å². The molecule has 1 aromatic heterocycles. The number of para-hydroxylation sites is 1. The minimum Gasteiger partial charge on any atom is -0.387 e. The second-order valence-electron chi connectivity index (χ2n) is 5.74. The standard InChI is InChI=1S/C18H27NO/c1-2-3-4-5-6-7-8-13-18(20)17-14-15-11-9-10-12-16(15)19-17/h9-12,14,18-20H,2-8,13H2,1H3. The number of aromatic amines is 1. The molecule has 1 heterocycles. The maximum Gasteiger partial charge on any atom is 0.0938 e.